The molecule has 0 aliphatic carbocycles. The summed E-state index contributed by atoms with van der Waals surface area (Å²) in [5.74, 6) is 2.28. The van der Waals surface area contributed by atoms with E-state index in [2.05, 4.69) is 5.32 Å². The number of anilines is 1. The molecule has 0 saturated carbocycles. The number of nitrogens with one attached hydrogen (secondary N) is 1. The van der Waals surface area contributed by atoms with Crippen LogP contribution in [0.5, 0.6) is 11.5 Å². The number of thioether (sulfide) groups is 2. The molecular weight excluding hydrogens is 373 g/mol. The summed E-state index contributed by atoms with van der Waals surface area (Å²) >= 11 is 3.93. The molecule has 0 radical (unpaired) electrons. The molecule has 0 unspecified atom stereocenters. The van der Waals surface area contributed by atoms with Gasteiger partial charge in [-0.1, -0.05) is 12.1 Å². The summed E-state index contributed by atoms with van der Waals surface area (Å²) in [7, 11) is 1.39. The van der Waals surface area contributed by atoms with Gasteiger partial charge in [-0.25, -0.2) is 4.39 Å². The third-order valence-electron chi connectivity index (χ3n) is 3.78. The van der Waals surface area contributed by atoms with E-state index in [-0.39, 0.29) is 18.3 Å². The van der Waals surface area contributed by atoms with Crippen LogP contribution in [0.15, 0.2) is 42.5 Å². The van der Waals surface area contributed by atoms with E-state index in [9.17, 15) is 9.18 Å². The van der Waals surface area contributed by atoms with Gasteiger partial charge in [-0.05, 0) is 47.8 Å². The van der Waals surface area contributed by atoms with Crippen molar-refractivity contribution < 1.29 is 18.7 Å². The molecule has 0 bridgehead atoms. The maximum absolute atomic E-state index is 13.6. The van der Waals surface area contributed by atoms with E-state index in [4.69, 9.17) is 9.47 Å². The molecule has 3 rings (SSSR count). The zero-order valence-electron chi connectivity index (χ0n) is 14.4. The molecule has 1 aliphatic heterocycles. The van der Waals surface area contributed by atoms with Gasteiger partial charge >= 0.3 is 0 Å². The molecule has 1 amide bonds. The molecule has 7 heteroatoms. The standard InChI is InChI=1S/C19H20FNO3S2/c1-23-17-8-5-14(11-16(17)20)21-18(22)12-24-15-6-3-13(4-7-15)19-25-9-2-10-26-19/h3-8,11,19H,2,9-10,12H2,1H3,(H,21,22). The Balaban J connectivity index is 1.50. The number of carbonyl (C=O) groups excluding carboxylic acids is 1. The first-order valence-electron chi connectivity index (χ1n) is 8.25. The van der Waals surface area contributed by atoms with Crippen LogP contribution in [-0.2, 0) is 4.79 Å². The van der Waals surface area contributed by atoms with Gasteiger partial charge in [0.2, 0.25) is 0 Å². The van der Waals surface area contributed by atoms with Crippen LogP contribution in [0, 0.1) is 5.82 Å². The Kier molecular flexibility index (Phi) is 6.68. The number of halogens is 1. The molecule has 2 aromatic rings. The highest BCUT2D eigenvalue weighted by molar-refractivity contribution is 8.16. The van der Waals surface area contributed by atoms with E-state index in [0.717, 1.165) is 0 Å². The van der Waals surface area contributed by atoms with E-state index in [1.54, 1.807) is 6.07 Å². The lowest BCUT2D eigenvalue weighted by atomic mass is 10.2. The number of hydrogen-bond acceptors (Lipinski definition) is 5. The zero-order valence-corrected chi connectivity index (χ0v) is 16.0. The van der Waals surface area contributed by atoms with E-state index >= 15 is 0 Å². The fourth-order valence-electron chi connectivity index (χ4n) is 2.49. The smallest absolute Gasteiger partial charge is 0.262 e. The molecule has 26 heavy (non-hydrogen) atoms. The van der Waals surface area contributed by atoms with Crippen molar-refractivity contribution in [2.75, 3.05) is 30.5 Å². The van der Waals surface area contributed by atoms with Gasteiger partial charge in [0.1, 0.15) is 5.75 Å². The molecular formula is C19H20FNO3S2. The third kappa shape index (κ3) is 5.08. The van der Waals surface area contributed by atoms with Gasteiger partial charge in [-0.15, -0.1) is 23.5 Å². The monoisotopic (exact) mass is 393 g/mol. The van der Waals surface area contributed by atoms with Crippen molar-refractivity contribution in [1.82, 2.24) is 0 Å². The fraction of sp³-hybridized carbons (Fsp3) is 0.316. The first-order chi connectivity index (χ1) is 12.7. The van der Waals surface area contributed by atoms with Gasteiger partial charge in [-0.2, -0.15) is 0 Å². The van der Waals surface area contributed by atoms with Crippen LogP contribution in [0.1, 0.15) is 16.6 Å². The molecule has 1 aliphatic rings. The van der Waals surface area contributed by atoms with Crippen molar-refractivity contribution >= 4 is 35.1 Å². The quantitative estimate of drug-likeness (QED) is 0.769. The molecule has 1 N–H and O–H groups in total. The topological polar surface area (TPSA) is 47.6 Å². The van der Waals surface area contributed by atoms with Gasteiger partial charge in [0.05, 0.1) is 11.7 Å². The number of benzene rings is 2. The highest BCUT2D eigenvalue weighted by Gasteiger charge is 2.16. The van der Waals surface area contributed by atoms with Crippen LogP contribution in [0.3, 0.4) is 0 Å². The SMILES string of the molecule is COc1ccc(NC(=O)COc2ccc(C3SCCCS3)cc2)cc1F. The largest absolute Gasteiger partial charge is 0.494 e. The Hall–Kier alpha value is -1.86. The minimum absolute atomic E-state index is 0.133. The average molecular weight is 394 g/mol. The predicted molar refractivity (Wildman–Crippen MR) is 106 cm³/mol. The van der Waals surface area contributed by atoms with Gasteiger partial charge in [0, 0.05) is 11.8 Å². The summed E-state index contributed by atoms with van der Waals surface area (Å²) in [5.41, 5.74) is 1.63. The average Bonchev–Trinajstić information content (AvgIpc) is 2.68. The van der Waals surface area contributed by atoms with E-state index in [1.807, 2.05) is 47.8 Å². The highest BCUT2D eigenvalue weighted by Crippen LogP contribution is 2.43. The summed E-state index contributed by atoms with van der Waals surface area (Å²) in [6.45, 7) is -0.139. The van der Waals surface area contributed by atoms with E-state index < -0.39 is 5.82 Å². The Bertz CT molecular complexity index is 749. The second-order valence-corrected chi connectivity index (χ2v) is 8.41. The molecule has 1 fully saturated rings. The lowest BCUT2D eigenvalue weighted by Crippen LogP contribution is -2.20. The second-order valence-electron chi connectivity index (χ2n) is 5.68. The number of hydrogen-bond donors (Lipinski definition) is 1. The normalized spacial score (nSPS) is 14.7. The Morgan fingerprint density at radius 2 is 1.92 bits per heavy atom. The molecule has 1 heterocycles. The van der Waals surface area contributed by atoms with Gasteiger partial charge in [-0.3, -0.25) is 4.79 Å². The summed E-state index contributed by atoms with van der Waals surface area (Å²) in [4.78, 5) is 12.0. The number of rotatable bonds is 6. The minimum atomic E-state index is -0.528. The van der Waals surface area contributed by atoms with Gasteiger partial charge in [0.25, 0.3) is 5.91 Å². The number of methoxy groups -OCH3 is 1. The molecule has 1 saturated heterocycles. The second kappa shape index (κ2) is 9.19. The summed E-state index contributed by atoms with van der Waals surface area (Å²) in [6.07, 6.45) is 1.26. The van der Waals surface area contributed by atoms with Crippen molar-refractivity contribution in [1.29, 1.82) is 0 Å². The lowest BCUT2D eigenvalue weighted by molar-refractivity contribution is -0.118. The maximum Gasteiger partial charge on any atom is 0.262 e. The van der Waals surface area contributed by atoms with Crippen molar-refractivity contribution in [2.24, 2.45) is 0 Å². The van der Waals surface area contributed by atoms with E-state index in [0.29, 0.717) is 16.0 Å². The molecule has 0 atom stereocenters. The van der Waals surface area contributed by atoms with E-state index in [1.165, 1.54) is 42.7 Å². The number of amides is 1. The zero-order chi connectivity index (χ0) is 18.4. The van der Waals surface area contributed by atoms with Crippen LogP contribution in [0.25, 0.3) is 0 Å². The van der Waals surface area contributed by atoms with Gasteiger partial charge < -0.3 is 14.8 Å². The van der Waals surface area contributed by atoms with Crippen LogP contribution in [-0.4, -0.2) is 31.1 Å². The molecule has 138 valence electrons. The first-order valence-corrected chi connectivity index (χ1v) is 10.3. The maximum atomic E-state index is 13.6. The third-order valence-corrected chi connectivity index (χ3v) is 6.80. The van der Waals surface area contributed by atoms with Crippen LogP contribution in [0.4, 0.5) is 10.1 Å². The van der Waals surface area contributed by atoms with Crippen molar-refractivity contribution in [3.05, 3.63) is 53.8 Å². The highest BCUT2D eigenvalue weighted by atomic mass is 32.2. The summed E-state index contributed by atoms with van der Waals surface area (Å²) in [5, 5.41) is 2.60. The number of ether oxygens (including phenoxy) is 2. The fourth-order valence-corrected chi connectivity index (χ4v) is 5.39. The minimum Gasteiger partial charge on any atom is -0.494 e. The molecule has 4 nitrogen and oxygen atoms in total. The van der Waals surface area contributed by atoms with Crippen molar-refractivity contribution in [2.45, 2.75) is 11.0 Å². The van der Waals surface area contributed by atoms with Crippen LogP contribution in [0.2, 0.25) is 0 Å². The van der Waals surface area contributed by atoms with Crippen molar-refractivity contribution in [3.63, 3.8) is 0 Å². The van der Waals surface area contributed by atoms with Crippen molar-refractivity contribution in [3.8, 4) is 11.5 Å². The first kappa shape index (κ1) is 18.9. The molecule has 0 aromatic heterocycles. The Labute approximate surface area is 160 Å². The summed E-state index contributed by atoms with van der Waals surface area (Å²) < 4.78 is 24.5. The Morgan fingerprint density at radius 3 is 2.58 bits per heavy atom. The van der Waals surface area contributed by atoms with Crippen LogP contribution < -0.4 is 14.8 Å². The predicted octanol–water partition coefficient (Wildman–Crippen LogP) is 4.72. The Morgan fingerprint density at radius 1 is 1.19 bits per heavy atom. The summed E-state index contributed by atoms with van der Waals surface area (Å²) in [6, 6.07) is 12.1. The molecule has 2 aromatic carbocycles. The lowest BCUT2D eigenvalue weighted by Gasteiger charge is -2.21. The number of carbonyl (C=O) groups is 1. The van der Waals surface area contributed by atoms with Crippen LogP contribution >= 0.6 is 23.5 Å². The molecule has 0 spiro atoms. The van der Waals surface area contributed by atoms with Gasteiger partial charge in [0.15, 0.2) is 18.2 Å².